The molecule has 21 heavy (non-hydrogen) atoms. The van der Waals surface area contributed by atoms with Gasteiger partial charge in [0.05, 0.1) is 13.7 Å². The lowest BCUT2D eigenvalue weighted by Crippen LogP contribution is -2.48. The smallest absolute Gasteiger partial charge is 0.234 e. The maximum Gasteiger partial charge on any atom is 0.234 e. The van der Waals surface area contributed by atoms with Crippen LogP contribution in [0.25, 0.3) is 0 Å². The van der Waals surface area contributed by atoms with E-state index < -0.39 is 0 Å². The number of nitrogens with one attached hydrogen (secondary N) is 2. The van der Waals surface area contributed by atoms with Crippen molar-refractivity contribution in [3.8, 4) is 5.75 Å². The van der Waals surface area contributed by atoms with E-state index in [1.165, 1.54) is 0 Å². The molecule has 2 rings (SSSR count). The van der Waals surface area contributed by atoms with E-state index in [9.17, 15) is 4.79 Å². The quantitative estimate of drug-likeness (QED) is 0.808. The zero-order valence-corrected chi connectivity index (χ0v) is 12.9. The molecule has 0 aliphatic carbocycles. The summed E-state index contributed by atoms with van der Waals surface area (Å²) in [5.41, 5.74) is 1.12. The van der Waals surface area contributed by atoms with E-state index in [-0.39, 0.29) is 11.9 Å². The van der Waals surface area contributed by atoms with Crippen molar-refractivity contribution in [1.82, 2.24) is 15.5 Å². The number of para-hydroxylation sites is 1. The van der Waals surface area contributed by atoms with Crippen LogP contribution >= 0.6 is 0 Å². The normalized spacial score (nSPS) is 17.2. The molecule has 0 aromatic heterocycles. The van der Waals surface area contributed by atoms with Gasteiger partial charge >= 0.3 is 0 Å². The van der Waals surface area contributed by atoms with Crippen molar-refractivity contribution in [3.63, 3.8) is 0 Å². The maximum absolute atomic E-state index is 12.1. The topological polar surface area (TPSA) is 53.6 Å². The van der Waals surface area contributed by atoms with E-state index in [1.54, 1.807) is 7.11 Å². The number of benzene rings is 1. The fourth-order valence-electron chi connectivity index (χ4n) is 2.65. The minimum absolute atomic E-state index is 0.0942. The summed E-state index contributed by atoms with van der Waals surface area (Å²) in [7, 11) is 1.67. The highest BCUT2D eigenvalue weighted by molar-refractivity contribution is 5.78. The van der Waals surface area contributed by atoms with Crippen LogP contribution in [0.2, 0.25) is 0 Å². The standard InChI is InChI=1S/C16H25N3O2/c1-13(11-14-5-3-4-6-15(14)21-2)18-16(20)12-19-9-7-17-8-10-19/h3-6,13,17H,7-12H2,1-2H3,(H,18,20). The predicted octanol–water partition coefficient (Wildman–Crippen LogP) is 0.648. The van der Waals surface area contributed by atoms with Gasteiger partial charge in [-0.2, -0.15) is 0 Å². The average Bonchev–Trinajstić information content (AvgIpc) is 2.48. The molecule has 1 unspecified atom stereocenters. The number of carbonyl (C=O) groups is 1. The lowest BCUT2D eigenvalue weighted by Gasteiger charge is -2.27. The number of hydrogen-bond donors (Lipinski definition) is 2. The highest BCUT2D eigenvalue weighted by atomic mass is 16.5. The molecule has 0 spiro atoms. The summed E-state index contributed by atoms with van der Waals surface area (Å²) in [5, 5.41) is 6.36. The van der Waals surface area contributed by atoms with Gasteiger partial charge < -0.3 is 15.4 Å². The Hall–Kier alpha value is -1.59. The summed E-state index contributed by atoms with van der Waals surface area (Å²) < 4.78 is 5.34. The molecule has 0 bridgehead atoms. The second-order valence-corrected chi connectivity index (χ2v) is 5.51. The Labute approximate surface area is 126 Å². The largest absolute Gasteiger partial charge is 0.496 e. The predicted molar refractivity (Wildman–Crippen MR) is 83.6 cm³/mol. The van der Waals surface area contributed by atoms with Crippen LogP contribution in [0.3, 0.4) is 0 Å². The number of ether oxygens (including phenoxy) is 1. The zero-order chi connectivity index (χ0) is 15.1. The molecule has 1 heterocycles. The maximum atomic E-state index is 12.1. The van der Waals surface area contributed by atoms with Crippen LogP contribution in [0.5, 0.6) is 5.75 Å². The van der Waals surface area contributed by atoms with Crippen LogP contribution in [0.1, 0.15) is 12.5 Å². The summed E-state index contributed by atoms with van der Waals surface area (Å²) in [5.74, 6) is 0.972. The molecule has 1 amide bonds. The van der Waals surface area contributed by atoms with Crippen molar-refractivity contribution < 1.29 is 9.53 Å². The van der Waals surface area contributed by atoms with Gasteiger partial charge in [0.1, 0.15) is 5.75 Å². The van der Waals surface area contributed by atoms with Crippen LogP contribution in [-0.2, 0) is 11.2 Å². The third kappa shape index (κ3) is 5.02. The molecule has 5 nitrogen and oxygen atoms in total. The highest BCUT2D eigenvalue weighted by Gasteiger charge is 2.15. The molecule has 0 radical (unpaired) electrons. The Morgan fingerprint density at radius 2 is 2.10 bits per heavy atom. The first-order valence-corrected chi connectivity index (χ1v) is 7.53. The van der Waals surface area contributed by atoms with Crippen LogP contribution in [0, 0.1) is 0 Å². The molecule has 1 atom stereocenters. The van der Waals surface area contributed by atoms with Crippen LogP contribution in [-0.4, -0.2) is 56.7 Å². The van der Waals surface area contributed by atoms with Crippen LogP contribution in [0.4, 0.5) is 0 Å². The van der Waals surface area contributed by atoms with Gasteiger partial charge in [0.15, 0.2) is 0 Å². The molecule has 1 aliphatic heterocycles. The number of carbonyl (C=O) groups excluding carboxylic acids is 1. The van der Waals surface area contributed by atoms with Crippen LogP contribution in [0.15, 0.2) is 24.3 Å². The van der Waals surface area contributed by atoms with Crippen molar-refractivity contribution in [2.45, 2.75) is 19.4 Å². The number of hydrogen-bond acceptors (Lipinski definition) is 4. The van der Waals surface area contributed by atoms with Gasteiger partial charge in [0.2, 0.25) is 5.91 Å². The molecule has 0 saturated carbocycles. The average molecular weight is 291 g/mol. The molecule has 5 heteroatoms. The van der Waals surface area contributed by atoms with Gasteiger partial charge in [0.25, 0.3) is 0 Å². The highest BCUT2D eigenvalue weighted by Crippen LogP contribution is 2.18. The third-order valence-electron chi connectivity index (χ3n) is 3.70. The van der Waals surface area contributed by atoms with E-state index in [2.05, 4.69) is 15.5 Å². The molecule has 2 N–H and O–H groups in total. The fraction of sp³-hybridized carbons (Fsp3) is 0.562. The zero-order valence-electron chi connectivity index (χ0n) is 12.9. The summed E-state index contributed by atoms with van der Waals surface area (Å²) in [6, 6.07) is 8.03. The molecule has 1 saturated heterocycles. The molecular formula is C16H25N3O2. The number of methoxy groups -OCH3 is 1. The Morgan fingerprint density at radius 3 is 2.81 bits per heavy atom. The second-order valence-electron chi connectivity index (χ2n) is 5.51. The minimum Gasteiger partial charge on any atom is -0.496 e. The SMILES string of the molecule is COc1ccccc1CC(C)NC(=O)CN1CCNCC1. The van der Waals surface area contributed by atoms with Gasteiger partial charge in [0, 0.05) is 32.2 Å². The second kappa shape index (κ2) is 8.00. The van der Waals surface area contributed by atoms with E-state index in [0.29, 0.717) is 6.54 Å². The Balaban J connectivity index is 1.80. The number of nitrogens with zero attached hydrogens (tertiary/aromatic N) is 1. The van der Waals surface area contributed by atoms with Crippen molar-refractivity contribution >= 4 is 5.91 Å². The fourth-order valence-corrected chi connectivity index (χ4v) is 2.65. The first-order chi connectivity index (χ1) is 10.2. The van der Waals surface area contributed by atoms with E-state index >= 15 is 0 Å². The first kappa shape index (κ1) is 15.8. The van der Waals surface area contributed by atoms with Gasteiger partial charge in [-0.25, -0.2) is 0 Å². The first-order valence-electron chi connectivity index (χ1n) is 7.53. The van der Waals surface area contributed by atoms with Crippen molar-refractivity contribution in [1.29, 1.82) is 0 Å². The van der Waals surface area contributed by atoms with Gasteiger partial charge in [-0.3, -0.25) is 9.69 Å². The Morgan fingerprint density at radius 1 is 1.38 bits per heavy atom. The lowest BCUT2D eigenvalue weighted by molar-refractivity contribution is -0.123. The molecule has 1 fully saturated rings. The summed E-state index contributed by atoms with van der Waals surface area (Å²) in [6.07, 6.45) is 0.775. The summed E-state index contributed by atoms with van der Waals surface area (Å²) >= 11 is 0. The lowest BCUT2D eigenvalue weighted by atomic mass is 10.1. The van der Waals surface area contributed by atoms with Crippen molar-refractivity contribution in [3.05, 3.63) is 29.8 Å². The molecular weight excluding hydrogens is 266 g/mol. The Kier molecular flexibility index (Phi) is 6.02. The summed E-state index contributed by atoms with van der Waals surface area (Å²) in [6.45, 7) is 6.32. The number of rotatable bonds is 6. The van der Waals surface area contributed by atoms with Gasteiger partial charge in [-0.1, -0.05) is 18.2 Å². The third-order valence-corrected chi connectivity index (χ3v) is 3.70. The summed E-state index contributed by atoms with van der Waals surface area (Å²) in [4.78, 5) is 14.2. The van der Waals surface area contributed by atoms with Crippen LogP contribution < -0.4 is 15.4 Å². The number of piperazine rings is 1. The molecule has 1 aromatic carbocycles. The van der Waals surface area contributed by atoms with E-state index in [0.717, 1.165) is 43.9 Å². The van der Waals surface area contributed by atoms with Crippen molar-refractivity contribution in [2.75, 3.05) is 39.8 Å². The van der Waals surface area contributed by atoms with Gasteiger partial charge in [-0.05, 0) is 25.0 Å². The molecule has 116 valence electrons. The molecule has 1 aromatic rings. The Bertz CT molecular complexity index is 459. The monoisotopic (exact) mass is 291 g/mol. The minimum atomic E-state index is 0.0942. The van der Waals surface area contributed by atoms with Crippen molar-refractivity contribution in [2.24, 2.45) is 0 Å². The number of amides is 1. The van der Waals surface area contributed by atoms with E-state index in [4.69, 9.17) is 4.74 Å². The molecule has 1 aliphatic rings. The van der Waals surface area contributed by atoms with Gasteiger partial charge in [-0.15, -0.1) is 0 Å². The van der Waals surface area contributed by atoms with E-state index in [1.807, 2.05) is 31.2 Å².